The monoisotopic (exact) mass is 606 g/mol. The minimum Gasteiger partial charge on any atom is -0.490 e. The van der Waals surface area contributed by atoms with Gasteiger partial charge in [0.25, 0.3) is 5.91 Å². The predicted octanol–water partition coefficient (Wildman–Crippen LogP) is 6.07. The molecule has 1 aromatic heterocycles. The number of hydrogen-bond acceptors (Lipinski definition) is 8. The molecule has 11 heteroatoms. The molecule has 0 saturated heterocycles. The van der Waals surface area contributed by atoms with Crippen molar-refractivity contribution in [2.75, 3.05) is 24.6 Å². The van der Waals surface area contributed by atoms with E-state index in [4.69, 9.17) is 9.47 Å². The van der Waals surface area contributed by atoms with E-state index in [0.29, 0.717) is 22.4 Å². The first-order valence-corrected chi connectivity index (χ1v) is 14.8. The Kier molecular flexibility index (Phi) is 11.2. The molecular formula is C32H35FN4O5S. The normalized spacial score (nSPS) is 11.6. The van der Waals surface area contributed by atoms with E-state index < -0.39 is 23.9 Å². The van der Waals surface area contributed by atoms with Gasteiger partial charge in [-0.05, 0) is 61.2 Å². The van der Waals surface area contributed by atoms with Crippen LogP contribution in [0.4, 0.5) is 14.3 Å². The molecule has 0 bridgehead atoms. The zero-order chi connectivity index (χ0) is 30.8. The van der Waals surface area contributed by atoms with Gasteiger partial charge in [-0.25, -0.2) is 9.18 Å². The Morgan fingerprint density at radius 3 is 2.44 bits per heavy atom. The van der Waals surface area contributed by atoms with Gasteiger partial charge in [-0.15, -0.1) is 10.2 Å². The second-order valence-corrected chi connectivity index (χ2v) is 11.0. The molecule has 43 heavy (non-hydrogen) atoms. The summed E-state index contributed by atoms with van der Waals surface area (Å²) in [4.78, 5) is 26.7. The van der Waals surface area contributed by atoms with E-state index in [1.807, 2.05) is 63.2 Å². The van der Waals surface area contributed by atoms with Crippen LogP contribution in [0.1, 0.15) is 46.8 Å². The number of nitrogens with zero attached hydrogens (tertiary/aromatic N) is 3. The van der Waals surface area contributed by atoms with E-state index >= 15 is 0 Å². The van der Waals surface area contributed by atoms with Gasteiger partial charge in [-0.3, -0.25) is 9.69 Å². The summed E-state index contributed by atoms with van der Waals surface area (Å²) in [7, 11) is 0. The maximum Gasteiger partial charge on any atom is 0.407 e. The standard InChI is InChI=1S/C32H35FN4O5S/c1-4-5-15-37(30(39)26-13-9-10-14-27(26)33)31-36-35-29(43-31)24-16-21(2)28(22(3)17-24)41-20-25(38)18-34-32(40)42-19-23-11-7-6-8-12-23/h6-14,16-17,25,38H,4-5,15,18-20H2,1-3H3,(H,34,40). The van der Waals surface area contributed by atoms with E-state index in [9.17, 15) is 19.1 Å². The van der Waals surface area contributed by atoms with Crippen molar-refractivity contribution in [2.45, 2.75) is 46.3 Å². The number of aliphatic hydroxyl groups is 1. The first-order chi connectivity index (χ1) is 20.8. The molecular weight excluding hydrogens is 571 g/mol. The lowest BCUT2D eigenvalue weighted by Gasteiger charge is -2.19. The number of amides is 2. The molecule has 2 N–H and O–H groups in total. The van der Waals surface area contributed by atoms with Crippen molar-refractivity contribution in [2.24, 2.45) is 0 Å². The number of anilines is 1. The summed E-state index contributed by atoms with van der Waals surface area (Å²) >= 11 is 1.25. The summed E-state index contributed by atoms with van der Waals surface area (Å²) < 4.78 is 25.4. The van der Waals surface area contributed by atoms with Crippen LogP contribution in [0, 0.1) is 19.7 Å². The molecule has 1 heterocycles. The van der Waals surface area contributed by atoms with Crippen molar-refractivity contribution >= 4 is 28.5 Å². The molecule has 4 aromatic rings. The maximum absolute atomic E-state index is 14.4. The second-order valence-electron chi connectivity index (χ2n) is 10.0. The van der Waals surface area contributed by atoms with E-state index in [1.54, 1.807) is 12.1 Å². The third kappa shape index (κ3) is 8.59. The van der Waals surface area contributed by atoms with Gasteiger partial charge in [-0.2, -0.15) is 0 Å². The van der Waals surface area contributed by atoms with Gasteiger partial charge in [0.1, 0.15) is 35.9 Å². The molecule has 1 atom stereocenters. The SMILES string of the molecule is CCCCN(C(=O)c1ccccc1F)c1nnc(-c2cc(C)c(OCC(O)CNC(=O)OCc3ccccc3)c(C)c2)s1. The lowest BCUT2D eigenvalue weighted by Crippen LogP contribution is -2.35. The van der Waals surface area contributed by atoms with Gasteiger partial charge < -0.3 is 19.9 Å². The zero-order valence-corrected chi connectivity index (χ0v) is 25.2. The van der Waals surface area contributed by atoms with E-state index in [0.717, 1.165) is 35.1 Å². The molecule has 1 unspecified atom stereocenters. The number of halogens is 1. The van der Waals surface area contributed by atoms with Gasteiger partial charge in [0.15, 0.2) is 0 Å². The fraction of sp³-hybridized carbons (Fsp3) is 0.312. The Bertz CT molecular complexity index is 1510. The Balaban J connectivity index is 1.37. The van der Waals surface area contributed by atoms with Crippen molar-refractivity contribution in [1.29, 1.82) is 0 Å². The molecule has 2 amide bonds. The van der Waals surface area contributed by atoms with Crippen molar-refractivity contribution in [3.63, 3.8) is 0 Å². The number of unbranched alkanes of at least 4 members (excludes halogenated alkanes) is 1. The highest BCUT2D eigenvalue weighted by Gasteiger charge is 2.24. The maximum atomic E-state index is 14.4. The van der Waals surface area contributed by atoms with Crippen LogP contribution in [0.2, 0.25) is 0 Å². The van der Waals surface area contributed by atoms with Crippen LogP contribution in [0.3, 0.4) is 0 Å². The third-order valence-corrected chi connectivity index (χ3v) is 7.55. The number of carbonyl (C=O) groups excluding carboxylic acids is 2. The molecule has 0 radical (unpaired) electrons. The Morgan fingerprint density at radius 1 is 1.05 bits per heavy atom. The number of carbonyl (C=O) groups is 2. The highest BCUT2D eigenvalue weighted by Crippen LogP contribution is 2.34. The minimum atomic E-state index is -0.949. The summed E-state index contributed by atoms with van der Waals surface area (Å²) in [5.41, 5.74) is 3.29. The topological polar surface area (TPSA) is 114 Å². The van der Waals surface area contributed by atoms with E-state index in [-0.39, 0.29) is 25.3 Å². The minimum absolute atomic E-state index is 0.00925. The second kappa shape index (κ2) is 15.2. The number of benzene rings is 3. The summed E-state index contributed by atoms with van der Waals surface area (Å²) in [5, 5.41) is 22.5. The van der Waals surface area contributed by atoms with Crippen LogP contribution in [0.25, 0.3) is 10.6 Å². The first-order valence-electron chi connectivity index (χ1n) is 14.0. The Labute approximate surface area is 254 Å². The average Bonchev–Trinajstić information content (AvgIpc) is 3.49. The van der Waals surface area contributed by atoms with Gasteiger partial charge in [-0.1, -0.05) is 67.1 Å². The van der Waals surface area contributed by atoms with Crippen molar-refractivity contribution < 1.29 is 28.6 Å². The van der Waals surface area contributed by atoms with Gasteiger partial charge in [0, 0.05) is 12.1 Å². The lowest BCUT2D eigenvalue weighted by atomic mass is 10.1. The average molecular weight is 607 g/mol. The predicted molar refractivity (Wildman–Crippen MR) is 164 cm³/mol. The molecule has 0 saturated carbocycles. The largest absolute Gasteiger partial charge is 0.490 e. The molecule has 0 aliphatic rings. The summed E-state index contributed by atoms with van der Waals surface area (Å²) in [6, 6.07) is 19.0. The van der Waals surface area contributed by atoms with Crippen LogP contribution in [-0.2, 0) is 11.3 Å². The van der Waals surface area contributed by atoms with Crippen LogP contribution in [0.5, 0.6) is 5.75 Å². The highest BCUT2D eigenvalue weighted by atomic mass is 32.1. The fourth-order valence-electron chi connectivity index (χ4n) is 4.34. The molecule has 3 aromatic carbocycles. The number of nitrogens with one attached hydrogen (secondary N) is 1. The zero-order valence-electron chi connectivity index (χ0n) is 24.4. The number of hydrogen-bond donors (Lipinski definition) is 2. The van der Waals surface area contributed by atoms with Gasteiger partial charge in [0.05, 0.1) is 12.1 Å². The van der Waals surface area contributed by atoms with E-state index in [1.165, 1.54) is 28.4 Å². The van der Waals surface area contributed by atoms with Crippen LogP contribution in [-0.4, -0.2) is 53.1 Å². The number of aromatic nitrogens is 2. The number of alkyl carbamates (subject to hydrolysis) is 1. The van der Waals surface area contributed by atoms with E-state index in [2.05, 4.69) is 15.5 Å². The van der Waals surface area contributed by atoms with Gasteiger partial charge >= 0.3 is 6.09 Å². The molecule has 0 aliphatic carbocycles. The highest BCUT2D eigenvalue weighted by molar-refractivity contribution is 7.18. The quantitative estimate of drug-likeness (QED) is 0.190. The number of aryl methyl sites for hydroxylation is 2. The van der Waals surface area contributed by atoms with Gasteiger partial charge in [0.2, 0.25) is 5.13 Å². The molecule has 9 nitrogen and oxygen atoms in total. The molecule has 0 spiro atoms. The number of rotatable bonds is 13. The summed E-state index contributed by atoms with van der Waals surface area (Å²) in [5.74, 6) is -0.425. The Morgan fingerprint density at radius 2 is 1.74 bits per heavy atom. The Hall–Kier alpha value is -4.35. The fourth-order valence-corrected chi connectivity index (χ4v) is 5.19. The summed E-state index contributed by atoms with van der Waals surface area (Å²) in [6.45, 7) is 6.25. The van der Waals surface area contributed by atoms with Crippen LogP contribution >= 0.6 is 11.3 Å². The molecule has 0 aliphatic heterocycles. The van der Waals surface area contributed by atoms with Crippen molar-refractivity contribution in [1.82, 2.24) is 15.5 Å². The van der Waals surface area contributed by atoms with Crippen molar-refractivity contribution in [3.8, 4) is 16.3 Å². The molecule has 4 rings (SSSR count). The number of aliphatic hydroxyl groups excluding tert-OH is 1. The van der Waals surface area contributed by atoms with Crippen molar-refractivity contribution in [3.05, 3.63) is 94.8 Å². The smallest absolute Gasteiger partial charge is 0.407 e. The summed E-state index contributed by atoms with van der Waals surface area (Å²) in [6.07, 6.45) is 0.0140. The van der Waals surface area contributed by atoms with Crippen LogP contribution in [0.15, 0.2) is 66.7 Å². The number of ether oxygens (including phenoxy) is 2. The third-order valence-electron chi connectivity index (χ3n) is 6.55. The first kappa shape index (κ1) is 31.6. The lowest BCUT2D eigenvalue weighted by molar-refractivity contribution is 0.0960. The molecule has 226 valence electrons. The van der Waals surface area contributed by atoms with Crippen LogP contribution < -0.4 is 15.0 Å². The molecule has 0 fully saturated rings.